The molecule has 61 heavy (non-hydrogen) atoms. The number of allylic oxidation sites excluding steroid dienone is 8. The van der Waals surface area contributed by atoms with E-state index in [0.717, 1.165) is 51.4 Å². The number of ether oxygens (including phenoxy) is 2. The molecule has 0 radical (unpaired) electrons. The molecule has 0 fully saturated rings. The maximum absolute atomic E-state index is 12.6. The van der Waals surface area contributed by atoms with Crippen LogP contribution in [0.15, 0.2) is 48.6 Å². The van der Waals surface area contributed by atoms with E-state index in [1.165, 1.54) is 141 Å². The summed E-state index contributed by atoms with van der Waals surface area (Å²) in [6, 6.07) is 0. The smallest absolute Gasteiger partial charge is 0.462 e. The number of hydrogen-bond acceptors (Lipinski definition) is 8. The highest BCUT2D eigenvalue weighted by molar-refractivity contribution is 7.47. The molecule has 0 aromatic carbocycles. The molecule has 0 saturated heterocycles. The number of carbonyl (C=O) groups is 2. The highest BCUT2D eigenvalue weighted by Crippen LogP contribution is 2.43. The molecule has 0 rings (SSSR count). The Morgan fingerprint density at radius 3 is 1.30 bits per heavy atom. The minimum absolute atomic E-state index is 0.0486. The van der Waals surface area contributed by atoms with Gasteiger partial charge in [-0.2, -0.15) is 0 Å². The first-order chi connectivity index (χ1) is 29.8. The van der Waals surface area contributed by atoms with Crippen LogP contribution in [0.2, 0.25) is 0 Å². The lowest BCUT2D eigenvalue weighted by atomic mass is 10.0. The Morgan fingerprint density at radius 1 is 0.492 bits per heavy atom. The van der Waals surface area contributed by atoms with Crippen LogP contribution in [0.5, 0.6) is 0 Å². The van der Waals surface area contributed by atoms with E-state index < -0.39 is 32.5 Å². The lowest BCUT2D eigenvalue weighted by Crippen LogP contribution is -2.29. The van der Waals surface area contributed by atoms with Crippen molar-refractivity contribution in [3.05, 3.63) is 48.6 Å². The molecule has 0 amide bonds. The molecule has 0 aromatic heterocycles. The van der Waals surface area contributed by atoms with Crippen molar-refractivity contribution in [3.8, 4) is 0 Å². The number of hydrogen-bond donors (Lipinski definition) is 2. The molecule has 10 heteroatoms. The van der Waals surface area contributed by atoms with Crippen LogP contribution in [0.4, 0.5) is 0 Å². The normalized spacial score (nSPS) is 13.6. The zero-order chi connectivity index (χ0) is 44.6. The van der Waals surface area contributed by atoms with Gasteiger partial charge in [-0.15, -0.1) is 0 Å². The molecule has 0 aliphatic heterocycles. The minimum atomic E-state index is -4.39. The summed E-state index contributed by atoms with van der Waals surface area (Å²) in [5, 5.41) is 0. The Balaban J connectivity index is 4.10. The molecule has 0 aliphatic carbocycles. The van der Waals surface area contributed by atoms with Crippen molar-refractivity contribution in [2.45, 2.75) is 238 Å². The largest absolute Gasteiger partial charge is 0.472 e. The first-order valence-corrected chi connectivity index (χ1v) is 26.6. The van der Waals surface area contributed by atoms with E-state index >= 15 is 0 Å². The predicted molar refractivity (Wildman–Crippen MR) is 257 cm³/mol. The average molecular weight is 880 g/mol. The van der Waals surface area contributed by atoms with Crippen LogP contribution in [0.1, 0.15) is 232 Å². The quantitative estimate of drug-likeness (QED) is 0.0265. The third-order valence-corrected chi connectivity index (χ3v) is 11.7. The molecule has 0 aliphatic rings. The molecule has 3 N–H and O–H groups in total. The Morgan fingerprint density at radius 2 is 0.852 bits per heavy atom. The fourth-order valence-electron chi connectivity index (χ4n) is 6.97. The molecule has 0 saturated carbocycles. The molecule has 0 spiro atoms. The van der Waals surface area contributed by atoms with Crippen molar-refractivity contribution in [3.63, 3.8) is 0 Å². The highest BCUT2D eigenvalue weighted by atomic mass is 31.2. The number of unbranched alkanes of at least 4 members (excludes halogenated alkanes) is 26. The summed E-state index contributed by atoms with van der Waals surface area (Å²) in [6.45, 7) is 3.70. The van der Waals surface area contributed by atoms with Gasteiger partial charge >= 0.3 is 19.8 Å². The molecule has 0 aromatic rings. The van der Waals surface area contributed by atoms with Crippen LogP contribution in [0.3, 0.4) is 0 Å². The van der Waals surface area contributed by atoms with Crippen molar-refractivity contribution >= 4 is 19.8 Å². The van der Waals surface area contributed by atoms with Crippen molar-refractivity contribution in [2.24, 2.45) is 5.73 Å². The average Bonchev–Trinajstić information content (AvgIpc) is 3.25. The monoisotopic (exact) mass is 880 g/mol. The fraction of sp³-hybridized carbons (Fsp3) is 0.804. The number of nitrogens with two attached hydrogens (primary N) is 1. The second-order valence-electron chi connectivity index (χ2n) is 16.7. The summed E-state index contributed by atoms with van der Waals surface area (Å²) in [5.74, 6) is -0.857. The Kier molecular flexibility index (Phi) is 45.9. The van der Waals surface area contributed by atoms with Crippen molar-refractivity contribution in [1.82, 2.24) is 0 Å². The standard InChI is InChI=1S/C51H94NO8P/c1-3-5-7-9-11-13-15-17-19-21-23-24-26-28-30-32-34-36-38-40-42-44-51(54)60-49(48-59-61(55,56)58-46-45-52)47-57-50(53)43-41-39-37-35-33-31-29-27-25-22-20-18-16-14-12-10-8-6-4-2/h12,14,18,20,25,27,31,33,49H,3-11,13,15-17,19,21-24,26,28-30,32,34-48,52H2,1-2H3,(H,55,56). The summed E-state index contributed by atoms with van der Waals surface area (Å²) in [5.41, 5.74) is 5.36. The predicted octanol–water partition coefficient (Wildman–Crippen LogP) is 15.1. The molecule has 0 bridgehead atoms. The third-order valence-electron chi connectivity index (χ3n) is 10.7. The molecular formula is C51H94NO8P. The molecule has 0 heterocycles. The Bertz CT molecular complexity index is 1140. The number of esters is 2. The second-order valence-corrected chi connectivity index (χ2v) is 18.1. The van der Waals surface area contributed by atoms with Gasteiger partial charge in [0, 0.05) is 19.4 Å². The number of rotatable bonds is 47. The van der Waals surface area contributed by atoms with E-state index in [4.69, 9.17) is 24.3 Å². The maximum atomic E-state index is 12.6. The summed E-state index contributed by atoms with van der Waals surface area (Å²) < 4.78 is 32.9. The van der Waals surface area contributed by atoms with E-state index in [1.807, 2.05) is 0 Å². The van der Waals surface area contributed by atoms with Crippen LogP contribution in [-0.4, -0.2) is 49.3 Å². The minimum Gasteiger partial charge on any atom is -0.462 e. The number of phosphoric acid groups is 1. The number of phosphoric ester groups is 1. The molecule has 9 nitrogen and oxygen atoms in total. The van der Waals surface area contributed by atoms with Gasteiger partial charge in [0.15, 0.2) is 6.10 Å². The molecular weight excluding hydrogens is 786 g/mol. The summed E-state index contributed by atoms with van der Waals surface area (Å²) >= 11 is 0. The summed E-state index contributed by atoms with van der Waals surface area (Å²) in [6.07, 6.45) is 55.8. The Hall–Kier alpha value is -2.03. The van der Waals surface area contributed by atoms with Gasteiger partial charge in [0.2, 0.25) is 0 Å². The van der Waals surface area contributed by atoms with Crippen LogP contribution in [-0.2, 0) is 32.7 Å². The van der Waals surface area contributed by atoms with Crippen LogP contribution in [0.25, 0.3) is 0 Å². The van der Waals surface area contributed by atoms with E-state index in [2.05, 4.69) is 62.5 Å². The highest BCUT2D eigenvalue weighted by Gasteiger charge is 2.26. The van der Waals surface area contributed by atoms with E-state index in [9.17, 15) is 19.0 Å². The van der Waals surface area contributed by atoms with Gasteiger partial charge in [0.1, 0.15) is 6.61 Å². The topological polar surface area (TPSA) is 134 Å². The second kappa shape index (κ2) is 47.4. The van der Waals surface area contributed by atoms with Gasteiger partial charge < -0.3 is 20.1 Å². The van der Waals surface area contributed by atoms with Gasteiger partial charge in [0.05, 0.1) is 13.2 Å². The zero-order valence-corrected chi connectivity index (χ0v) is 40.3. The van der Waals surface area contributed by atoms with E-state index in [0.29, 0.717) is 12.8 Å². The lowest BCUT2D eigenvalue weighted by molar-refractivity contribution is -0.161. The fourth-order valence-corrected chi connectivity index (χ4v) is 7.74. The maximum Gasteiger partial charge on any atom is 0.472 e. The third kappa shape index (κ3) is 47.3. The Labute approximate surface area is 375 Å². The van der Waals surface area contributed by atoms with E-state index in [-0.39, 0.29) is 32.6 Å². The van der Waals surface area contributed by atoms with Gasteiger partial charge in [-0.05, 0) is 57.8 Å². The zero-order valence-electron chi connectivity index (χ0n) is 39.4. The van der Waals surface area contributed by atoms with Crippen molar-refractivity contribution < 1.29 is 37.6 Å². The first kappa shape index (κ1) is 59.0. The SMILES string of the molecule is CCCCCC=CCC=CCC=CCC=CCCCCCC(=O)OCC(COP(=O)(O)OCCN)OC(=O)CCCCCCCCCCCCCCCCCCCCCCC. The van der Waals surface area contributed by atoms with Crippen molar-refractivity contribution in [1.29, 1.82) is 0 Å². The van der Waals surface area contributed by atoms with E-state index in [1.54, 1.807) is 0 Å². The molecule has 2 atom stereocenters. The van der Waals surface area contributed by atoms with Crippen LogP contribution in [0, 0.1) is 0 Å². The van der Waals surface area contributed by atoms with Crippen LogP contribution >= 0.6 is 7.82 Å². The lowest BCUT2D eigenvalue weighted by Gasteiger charge is -2.19. The van der Waals surface area contributed by atoms with Gasteiger partial charge in [-0.3, -0.25) is 18.6 Å². The van der Waals surface area contributed by atoms with Gasteiger partial charge in [-0.25, -0.2) is 4.57 Å². The molecule has 2 unspecified atom stereocenters. The molecule has 356 valence electrons. The van der Waals surface area contributed by atoms with Crippen molar-refractivity contribution in [2.75, 3.05) is 26.4 Å². The first-order valence-electron chi connectivity index (χ1n) is 25.1. The summed E-state index contributed by atoms with van der Waals surface area (Å²) in [7, 11) is -4.39. The van der Waals surface area contributed by atoms with Crippen LogP contribution < -0.4 is 5.73 Å². The van der Waals surface area contributed by atoms with Gasteiger partial charge in [0.25, 0.3) is 0 Å². The summed E-state index contributed by atoms with van der Waals surface area (Å²) in [4.78, 5) is 35.0. The van der Waals surface area contributed by atoms with Gasteiger partial charge in [-0.1, -0.05) is 210 Å². The number of carbonyl (C=O) groups excluding carboxylic acids is 2.